The minimum atomic E-state index is -0.456. The van der Waals surface area contributed by atoms with Crippen molar-refractivity contribution in [3.05, 3.63) is 65.5 Å². The molecule has 0 aliphatic heterocycles. The molecule has 0 N–H and O–H groups in total. The normalized spacial score (nSPS) is 10.4. The maximum absolute atomic E-state index is 12.7. The molecule has 0 aliphatic rings. The van der Waals surface area contributed by atoms with Crippen molar-refractivity contribution in [2.45, 2.75) is 42.7 Å². The molecule has 0 radical (unpaired) electrons. The zero-order chi connectivity index (χ0) is 19.8. The van der Waals surface area contributed by atoms with E-state index >= 15 is 0 Å². The predicted octanol–water partition coefficient (Wildman–Crippen LogP) is 3.85. The van der Waals surface area contributed by atoms with Gasteiger partial charge in [0.1, 0.15) is 6.07 Å². The van der Waals surface area contributed by atoms with Crippen molar-refractivity contribution >= 4 is 17.7 Å². The molecule has 1 heterocycles. The molecule has 3 aromatic rings. The number of ether oxygens (including phenoxy) is 1. The first-order valence-electron chi connectivity index (χ1n) is 8.91. The van der Waals surface area contributed by atoms with Crippen LogP contribution in [0.5, 0.6) is 0 Å². The second-order valence-electron chi connectivity index (χ2n) is 5.95. The minimum absolute atomic E-state index is 0.00330. The Kier molecular flexibility index (Phi) is 6.76. The molecule has 0 aliphatic carbocycles. The number of nitrogens with zero attached hydrogens (tertiary/aromatic N) is 5. The Morgan fingerprint density at radius 2 is 1.93 bits per heavy atom. The number of tetrazole rings is 1. The quantitative estimate of drug-likeness (QED) is 0.537. The number of esters is 1. The number of carbonyl (C=O) groups excluding carboxylic acids is 1. The second-order valence-corrected chi connectivity index (χ2v) is 7.04. The molecule has 28 heavy (non-hydrogen) atoms. The fraction of sp³-hybridized carbons (Fsp3) is 0.250. The molecule has 0 fully saturated rings. The van der Waals surface area contributed by atoms with Crippen molar-refractivity contribution in [1.82, 2.24) is 20.2 Å². The number of aromatic nitrogens is 4. The number of nitriles is 1. The van der Waals surface area contributed by atoms with Crippen LogP contribution in [-0.2, 0) is 17.9 Å². The molecule has 0 saturated heterocycles. The molecule has 142 valence electrons. The lowest BCUT2D eigenvalue weighted by molar-refractivity contribution is 0.0452. The van der Waals surface area contributed by atoms with Gasteiger partial charge in [0, 0.05) is 16.3 Å². The van der Waals surface area contributed by atoms with E-state index in [2.05, 4.69) is 28.5 Å². The van der Waals surface area contributed by atoms with E-state index in [-0.39, 0.29) is 6.61 Å². The molecule has 0 bridgehead atoms. The number of aryl methyl sites for hydroxylation is 1. The summed E-state index contributed by atoms with van der Waals surface area (Å²) in [4.78, 5) is 14.2. The highest BCUT2D eigenvalue weighted by Gasteiger charge is 2.16. The SMILES string of the molecule is CCCCn1nnnc1COC(=O)c1ccccc1Sc1ccccc1C#N. The number of hydrogen-bond acceptors (Lipinski definition) is 7. The van der Waals surface area contributed by atoms with Crippen molar-refractivity contribution in [3.8, 4) is 6.07 Å². The first-order valence-corrected chi connectivity index (χ1v) is 9.72. The third kappa shape index (κ3) is 4.75. The summed E-state index contributed by atoms with van der Waals surface area (Å²) >= 11 is 1.36. The van der Waals surface area contributed by atoms with Gasteiger partial charge in [0.25, 0.3) is 0 Å². The van der Waals surface area contributed by atoms with Crippen LogP contribution in [-0.4, -0.2) is 26.2 Å². The maximum Gasteiger partial charge on any atom is 0.339 e. The van der Waals surface area contributed by atoms with E-state index in [0.717, 1.165) is 22.6 Å². The Bertz CT molecular complexity index is 996. The standard InChI is InChI=1S/C20H19N5O2S/c1-2-3-12-25-19(22-23-24-25)14-27-20(26)16-9-5-7-11-18(16)28-17-10-6-4-8-15(17)13-21/h4-11H,2-3,12,14H2,1H3. The second kappa shape index (κ2) is 9.67. The highest BCUT2D eigenvalue weighted by Crippen LogP contribution is 2.32. The van der Waals surface area contributed by atoms with Crippen LogP contribution in [0.15, 0.2) is 58.3 Å². The number of carbonyl (C=O) groups is 1. The topological polar surface area (TPSA) is 93.7 Å². The van der Waals surface area contributed by atoms with Crippen molar-refractivity contribution in [1.29, 1.82) is 5.26 Å². The summed E-state index contributed by atoms with van der Waals surface area (Å²) in [5.74, 6) is 0.0596. The molecule has 2 aromatic carbocycles. The third-order valence-electron chi connectivity index (χ3n) is 4.00. The van der Waals surface area contributed by atoms with Gasteiger partial charge in [0.2, 0.25) is 0 Å². The van der Waals surface area contributed by atoms with Gasteiger partial charge in [0.05, 0.1) is 11.1 Å². The average Bonchev–Trinajstić information content (AvgIpc) is 3.18. The Labute approximate surface area is 167 Å². The van der Waals surface area contributed by atoms with Crippen molar-refractivity contribution in [2.75, 3.05) is 0 Å². The van der Waals surface area contributed by atoms with E-state index in [1.807, 2.05) is 30.3 Å². The van der Waals surface area contributed by atoms with Crippen LogP contribution in [0.3, 0.4) is 0 Å². The Morgan fingerprint density at radius 3 is 2.71 bits per heavy atom. The van der Waals surface area contributed by atoms with E-state index in [4.69, 9.17) is 4.74 Å². The van der Waals surface area contributed by atoms with Crippen LogP contribution in [0.4, 0.5) is 0 Å². The third-order valence-corrected chi connectivity index (χ3v) is 5.15. The van der Waals surface area contributed by atoms with Crippen LogP contribution in [0.25, 0.3) is 0 Å². The Morgan fingerprint density at radius 1 is 1.18 bits per heavy atom. The first kappa shape index (κ1) is 19.6. The smallest absolute Gasteiger partial charge is 0.339 e. The molecular formula is C20H19N5O2S. The van der Waals surface area contributed by atoms with Gasteiger partial charge in [-0.3, -0.25) is 0 Å². The van der Waals surface area contributed by atoms with Gasteiger partial charge in [0.15, 0.2) is 12.4 Å². The van der Waals surface area contributed by atoms with Gasteiger partial charge in [-0.05, 0) is 41.1 Å². The van der Waals surface area contributed by atoms with Crippen LogP contribution in [0.2, 0.25) is 0 Å². The molecule has 0 unspecified atom stereocenters. The summed E-state index contributed by atoms with van der Waals surface area (Å²) in [6, 6.07) is 16.6. The number of benzene rings is 2. The summed E-state index contributed by atoms with van der Waals surface area (Å²) in [5, 5.41) is 20.8. The molecule has 0 saturated carbocycles. The van der Waals surface area contributed by atoms with E-state index in [1.165, 1.54) is 11.8 Å². The van der Waals surface area contributed by atoms with E-state index in [1.54, 1.807) is 22.9 Å². The van der Waals surface area contributed by atoms with Gasteiger partial charge < -0.3 is 4.74 Å². The van der Waals surface area contributed by atoms with E-state index < -0.39 is 5.97 Å². The molecule has 3 rings (SSSR count). The summed E-state index contributed by atoms with van der Waals surface area (Å²) in [5.41, 5.74) is 0.999. The average molecular weight is 393 g/mol. The predicted molar refractivity (Wildman–Crippen MR) is 104 cm³/mol. The van der Waals surface area contributed by atoms with Crippen molar-refractivity contribution in [3.63, 3.8) is 0 Å². The molecule has 0 atom stereocenters. The lowest BCUT2D eigenvalue weighted by Gasteiger charge is -2.10. The number of rotatable bonds is 8. The van der Waals surface area contributed by atoms with Gasteiger partial charge in [-0.2, -0.15) is 5.26 Å². The highest BCUT2D eigenvalue weighted by molar-refractivity contribution is 7.99. The highest BCUT2D eigenvalue weighted by atomic mass is 32.2. The Hall–Kier alpha value is -3.18. The summed E-state index contributed by atoms with van der Waals surface area (Å²) in [6.45, 7) is 2.78. The largest absolute Gasteiger partial charge is 0.454 e. The zero-order valence-corrected chi connectivity index (χ0v) is 16.2. The monoisotopic (exact) mass is 393 g/mol. The summed E-state index contributed by atoms with van der Waals surface area (Å²) < 4.78 is 7.10. The van der Waals surface area contributed by atoms with Crippen molar-refractivity contribution < 1.29 is 9.53 Å². The summed E-state index contributed by atoms with van der Waals surface area (Å²) in [6.07, 6.45) is 1.97. The van der Waals surface area contributed by atoms with Crippen LogP contribution in [0, 0.1) is 11.3 Å². The van der Waals surface area contributed by atoms with Crippen LogP contribution >= 0.6 is 11.8 Å². The minimum Gasteiger partial charge on any atom is -0.454 e. The molecule has 0 amide bonds. The van der Waals surface area contributed by atoms with Crippen LogP contribution in [0.1, 0.15) is 41.5 Å². The fourth-order valence-electron chi connectivity index (χ4n) is 2.51. The van der Waals surface area contributed by atoms with E-state index in [9.17, 15) is 10.1 Å². The van der Waals surface area contributed by atoms with Gasteiger partial charge in [-0.25, -0.2) is 9.48 Å². The number of hydrogen-bond donors (Lipinski definition) is 0. The summed E-state index contributed by atoms with van der Waals surface area (Å²) in [7, 11) is 0. The van der Waals surface area contributed by atoms with Gasteiger partial charge in [-0.1, -0.05) is 49.4 Å². The maximum atomic E-state index is 12.7. The molecule has 8 heteroatoms. The van der Waals surface area contributed by atoms with Crippen molar-refractivity contribution in [2.24, 2.45) is 0 Å². The Balaban J connectivity index is 1.73. The zero-order valence-electron chi connectivity index (χ0n) is 15.4. The first-order chi connectivity index (χ1) is 13.7. The van der Waals surface area contributed by atoms with E-state index in [0.29, 0.717) is 23.5 Å². The molecule has 7 nitrogen and oxygen atoms in total. The van der Waals surface area contributed by atoms with Gasteiger partial charge >= 0.3 is 5.97 Å². The van der Waals surface area contributed by atoms with Crippen LogP contribution < -0.4 is 0 Å². The number of unbranched alkanes of at least 4 members (excludes halogenated alkanes) is 1. The molecular weight excluding hydrogens is 374 g/mol. The lowest BCUT2D eigenvalue weighted by atomic mass is 10.2. The lowest BCUT2D eigenvalue weighted by Crippen LogP contribution is -2.11. The van der Waals surface area contributed by atoms with Gasteiger partial charge in [-0.15, -0.1) is 5.10 Å². The molecule has 0 spiro atoms. The molecule has 1 aromatic heterocycles. The fourth-order valence-corrected chi connectivity index (χ4v) is 3.52.